The summed E-state index contributed by atoms with van der Waals surface area (Å²) in [5.41, 5.74) is 0. The fraction of sp³-hybridized carbons (Fsp3) is 0.444. The maximum Gasteiger partial charge on any atom is 0.330 e. The van der Waals surface area contributed by atoms with Crippen LogP contribution in [0.4, 0.5) is 0 Å². The van der Waals surface area contributed by atoms with E-state index < -0.39 is 8.32 Å². The normalized spacial score (nSPS) is 12.3. The van der Waals surface area contributed by atoms with Crippen LogP contribution in [0.5, 0.6) is 0 Å². The summed E-state index contributed by atoms with van der Waals surface area (Å²) in [6.45, 7) is 7.75. The molecule has 2 rings (SSSR count). The van der Waals surface area contributed by atoms with E-state index in [1.54, 1.807) is 0 Å². The lowest BCUT2D eigenvalue weighted by Gasteiger charge is -2.43. The van der Waals surface area contributed by atoms with Gasteiger partial charge in [-0.15, -0.1) is 0 Å². The number of hydrogen-bond acceptors (Lipinski definition) is 3. The number of benzene rings is 2. The highest BCUT2D eigenvalue weighted by Crippen LogP contribution is 2.36. The highest BCUT2D eigenvalue weighted by Gasteiger charge is 2.49. The molecule has 0 radical (unpaired) electrons. The average Bonchev–Trinajstić information content (AvgIpc) is 2.77. The van der Waals surface area contributed by atoms with Crippen LogP contribution in [0.25, 0.3) is 0 Å². The molecule has 0 unspecified atom stereocenters. The minimum atomic E-state index is -2.40. The summed E-state index contributed by atoms with van der Waals surface area (Å²) in [5.74, 6) is -0.277. The molecular weight excluding hydrogens is 400 g/mol. The van der Waals surface area contributed by atoms with Gasteiger partial charge in [-0.1, -0.05) is 107 Å². The first-order valence-electron chi connectivity index (χ1n) is 11.4. The van der Waals surface area contributed by atoms with E-state index >= 15 is 0 Å². The van der Waals surface area contributed by atoms with Crippen LogP contribution >= 0.6 is 0 Å². The summed E-state index contributed by atoms with van der Waals surface area (Å²) >= 11 is 0. The number of carbonyl (C=O) groups excluding carboxylic acids is 1. The fourth-order valence-corrected chi connectivity index (χ4v) is 8.74. The summed E-state index contributed by atoms with van der Waals surface area (Å²) in [5, 5.41) is 2.71. The zero-order valence-corrected chi connectivity index (χ0v) is 20.6. The molecule has 0 bridgehead atoms. The maximum atomic E-state index is 11.1. The van der Waals surface area contributed by atoms with Crippen LogP contribution in [0.2, 0.25) is 5.04 Å². The summed E-state index contributed by atoms with van der Waals surface area (Å²) in [4.78, 5) is 11.1. The van der Waals surface area contributed by atoms with E-state index in [4.69, 9.17) is 4.43 Å². The minimum absolute atomic E-state index is 0.0294. The Labute approximate surface area is 189 Å². The van der Waals surface area contributed by atoms with Gasteiger partial charge in [-0.05, 0) is 34.7 Å². The van der Waals surface area contributed by atoms with Gasteiger partial charge in [0.15, 0.2) is 0 Å². The molecule has 0 fully saturated rings. The van der Waals surface area contributed by atoms with Gasteiger partial charge in [-0.25, -0.2) is 4.79 Å². The molecule has 2 aromatic rings. The van der Waals surface area contributed by atoms with Crippen molar-refractivity contribution in [2.45, 2.75) is 64.3 Å². The third-order valence-corrected chi connectivity index (χ3v) is 10.7. The van der Waals surface area contributed by atoms with E-state index in [-0.39, 0.29) is 11.0 Å². The Bertz CT molecular complexity index is 755. The molecule has 0 N–H and O–H groups in total. The first-order chi connectivity index (χ1) is 14.9. The minimum Gasteiger partial charge on any atom is -0.466 e. The van der Waals surface area contributed by atoms with Crippen molar-refractivity contribution in [1.29, 1.82) is 0 Å². The number of ether oxygens (including phenoxy) is 1. The Morgan fingerprint density at radius 3 is 1.87 bits per heavy atom. The molecule has 0 amide bonds. The third-order valence-electron chi connectivity index (χ3n) is 5.71. The van der Waals surface area contributed by atoms with E-state index in [0.717, 1.165) is 25.9 Å². The lowest BCUT2D eigenvalue weighted by Crippen LogP contribution is -2.66. The largest absolute Gasteiger partial charge is 0.466 e. The van der Waals surface area contributed by atoms with Crippen molar-refractivity contribution in [2.24, 2.45) is 0 Å². The van der Waals surface area contributed by atoms with Crippen molar-refractivity contribution in [1.82, 2.24) is 0 Å². The topological polar surface area (TPSA) is 35.5 Å². The fourth-order valence-electron chi connectivity index (χ4n) is 4.13. The van der Waals surface area contributed by atoms with Gasteiger partial charge in [0.1, 0.15) is 0 Å². The van der Waals surface area contributed by atoms with Gasteiger partial charge < -0.3 is 9.16 Å². The molecule has 0 heterocycles. The standard InChI is InChI=1S/C27H38O3Si/c1-27(2,3)31(24-18-12-10-13-19-24,25-20-14-11-15-21-25)30-23-17-9-7-5-6-8-16-22-26(28)29-4/h10-16,18-22H,5-9,17,23H2,1-4H3/b22-16+. The monoisotopic (exact) mass is 438 g/mol. The van der Waals surface area contributed by atoms with Gasteiger partial charge in [0.05, 0.1) is 7.11 Å². The van der Waals surface area contributed by atoms with E-state index in [1.165, 1.54) is 42.8 Å². The maximum absolute atomic E-state index is 11.1. The van der Waals surface area contributed by atoms with E-state index in [9.17, 15) is 4.79 Å². The molecule has 0 atom stereocenters. The van der Waals surface area contributed by atoms with Gasteiger partial charge in [-0.3, -0.25) is 0 Å². The zero-order chi connectivity index (χ0) is 22.6. The number of unbranched alkanes of at least 4 members (excludes halogenated alkanes) is 5. The van der Waals surface area contributed by atoms with Crippen LogP contribution in [0, 0.1) is 0 Å². The lowest BCUT2D eigenvalue weighted by molar-refractivity contribution is -0.134. The van der Waals surface area contributed by atoms with Crippen LogP contribution in [-0.2, 0) is 14.0 Å². The molecule has 0 aromatic heterocycles. The Morgan fingerprint density at radius 2 is 1.35 bits per heavy atom. The van der Waals surface area contributed by atoms with Gasteiger partial charge in [0.25, 0.3) is 8.32 Å². The lowest BCUT2D eigenvalue weighted by atomic mass is 10.1. The summed E-state index contributed by atoms with van der Waals surface area (Å²) in [6, 6.07) is 21.6. The SMILES string of the molecule is COC(=O)/C=C/CCCCCCCO[Si](c1ccccc1)(c1ccccc1)C(C)(C)C. The van der Waals surface area contributed by atoms with Crippen LogP contribution in [0.3, 0.4) is 0 Å². The molecule has 0 saturated heterocycles. The van der Waals surface area contributed by atoms with Gasteiger partial charge in [0, 0.05) is 12.7 Å². The zero-order valence-electron chi connectivity index (χ0n) is 19.6. The van der Waals surface area contributed by atoms with Gasteiger partial charge >= 0.3 is 5.97 Å². The number of esters is 1. The van der Waals surface area contributed by atoms with Crippen molar-refractivity contribution in [3.63, 3.8) is 0 Å². The van der Waals surface area contributed by atoms with E-state index in [0.29, 0.717) is 0 Å². The van der Waals surface area contributed by atoms with Crippen molar-refractivity contribution in [3.05, 3.63) is 72.8 Å². The third kappa shape index (κ3) is 7.18. The molecular formula is C27H38O3Si. The predicted octanol–water partition coefficient (Wildman–Crippen LogP) is 5.63. The van der Waals surface area contributed by atoms with Crippen LogP contribution in [0.15, 0.2) is 72.8 Å². The Balaban J connectivity index is 1.95. The quantitative estimate of drug-likeness (QED) is 0.186. The first kappa shape index (κ1) is 25.1. The molecule has 3 nitrogen and oxygen atoms in total. The van der Waals surface area contributed by atoms with Crippen LogP contribution < -0.4 is 10.4 Å². The second kappa shape index (κ2) is 12.6. The molecule has 2 aromatic carbocycles. The molecule has 4 heteroatoms. The van der Waals surface area contributed by atoms with Gasteiger partial charge in [0.2, 0.25) is 0 Å². The van der Waals surface area contributed by atoms with E-state index in [1.807, 2.05) is 6.08 Å². The molecule has 168 valence electrons. The predicted molar refractivity (Wildman–Crippen MR) is 132 cm³/mol. The summed E-state index contributed by atoms with van der Waals surface area (Å²) < 4.78 is 11.5. The highest BCUT2D eigenvalue weighted by molar-refractivity contribution is 6.99. The van der Waals surface area contributed by atoms with Crippen LogP contribution in [0.1, 0.15) is 59.3 Å². The van der Waals surface area contributed by atoms with Crippen molar-refractivity contribution < 1.29 is 14.0 Å². The molecule has 0 saturated carbocycles. The average molecular weight is 439 g/mol. The molecule has 0 aliphatic heterocycles. The number of methoxy groups -OCH3 is 1. The smallest absolute Gasteiger partial charge is 0.330 e. The molecule has 0 aliphatic rings. The van der Waals surface area contributed by atoms with Gasteiger partial charge in [-0.2, -0.15) is 0 Å². The van der Waals surface area contributed by atoms with Crippen molar-refractivity contribution in [2.75, 3.05) is 13.7 Å². The van der Waals surface area contributed by atoms with Crippen molar-refractivity contribution >= 4 is 24.7 Å². The van der Waals surface area contributed by atoms with Crippen LogP contribution in [-0.4, -0.2) is 28.0 Å². The molecule has 0 aliphatic carbocycles. The number of allylic oxidation sites excluding steroid dienone is 1. The first-order valence-corrected chi connectivity index (χ1v) is 13.3. The summed E-state index contributed by atoms with van der Waals surface area (Å²) in [6.07, 6.45) is 10.0. The Kier molecular flexibility index (Phi) is 10.2. The van der Waals surface area contributed by atoms with E-state index in [2.05, 4.69) is 86.2 Å². The number of carbonyl (C=O) groups is 1. The highest BCUT2D eigenvalue weighted by atomic mass is 28.4. The summed E-state index contributed by atoms with van der Waals surface area (Å²) in [7, 11) is -0.999. The van der Waals surface area contributed by atoms with Crippen molar-refractivity contribution in [3.8, 4) is 0 Å². The molecule has 31 heavy (non-hydrogen) atoms. The number of rotatable bonds is 12. The molecule has 0 spiro atoms. The second-order valence-corrected chi connectivity index (χ2v) is 13.3. The number of hydrogen-bond donors (Lipinski definition) is 0. The second-order valence-electron chi connectivity index (χ2n) is 8.99. The Morgan fingerprint density at radius 1 is 0.839 bits per heavy atom. The Hall–Kier alpha value is -2.17.